The van der Waals surface area contributed by atoms with Gasteiger partial charge in [-0.25, -0.2) is 4.79 Å². The molecule has 152 valence electrons. The van der Waals surface area contributed by atoms with Crippen LogP contribution in [0.4, 0.5) is 16.2 Å². The molecule has 0 spiro atoms. The van der Waals surface area contributed by atoms with Gasteiger partial charge in [-0.1, -0.05) is 31.2 Å². The van der Waals surface area contributed by atoms with E-state index < -0.39 is 0 Å². The number of nitrogens with one attached hydrogen (secondary N) is 1. The number of hydrogen-bond donors (Lipinski definition) is 1. The van der Waals surface area contributed by atoms with E-state index in [0.717, 1.165) is 51.3 Å². The monoisotopic (exact) mass is 392 g/mol. The zero-order valence-electron chi connectivity index (χ0n) is 16.9. The zero-order chi connectivity index (χ0) is 20.2. The molecule has 0 atom stereocenters. The summed E-state index contributed by atoms with van der Waals surface area (Å²) in [6, 6.07) is 15.2. The third-order valence-corrected chi connectivity index (χ3v) is 5.82. The number of fused-ring (bicyclic) bond motifs is 1. The van der Waals surface area contributed by atoms with Gasteiger partial charge >= 0.3 is 6.03 Å². The predicted molar refractivity (Wildman–Crippen MR) is 116 cm³/mol. The number of likely N-dealkylation sites (N-methyl/N-ethyl adjacent to an activating group) is 1. The number of carbonyl (C=O) groups excluding carboxylic acids is 2. The molecule has 2 aliphatic heterocycles. The normalized spacial score (nSPS) is 17.0. The van der Waals surface area contributed by atoms with Crippen molar-refractivity contribution in [1.82, 2.24) is 9.80 Å². The zero-order valence-corrected chi connectivity index (χ0v) is 16.9. The Labute approximate surface area is 172 Å². The fourth-order valence-electron chi connectivity index (χ4n) is 4.13. The van der Waals surface area contributed by atoms with E-state index in [-0.39, 0.29) is 11.9 Å². The Morgan fingerprint density at radius 2 is 1.83 bits per heavy atom. The Morgan fingerprint density at radius 1 is 0.966 bits per heavy atom. The summed E-state index contributed by atoms with van der Waals surface area (Å²) >= 11 is 0. The van der Waals surface area contributed by atoms with Crippen LogP contribution in [-0.2, 0) is 6.42 Å². The van der Waals surface area contributed by atoms with Crippen molar-refractivity contribution in [3.63, 3.8) is 0 Å². The molecule has 29 heavy (non-hydrogen) atoms. The smallest absolute Gasteiger partial charge is 0.321 e. The summed E-state index contributed by atoms with van der Waals surface area (Å²) in [6.45, 7) is 7.26. The first-order chi connectivity index (χ1) is 14.2. The molecule has 6 heteroatoms. The van der Waals surface area contributed by atoms with Gasteiger partial charge in [0, 0.05) is 43.1 Å². The van der Waals surface area contributed by atoms with Gasteiger partial charge in [0.1, 0.15) is 0 Å². The summed E-state index contributed by atoms with van der Waals surface area (Å²) in [4.78, 5) is 31.8. The van der Waals surface area contributed by atoms with Gasteiger partial charge in [0.15, 0.2) is 0 Å². The Kier molecular flexibility index (Phi) is 5.81. The average Bonchev–Trinajstić information content (AvgIpc) is 3.02. The maximum Gasteiger partial charge on any atom is 0.321 e. The fourth-order valence-corrected chi connectivity index (χ4v) is 4.13. The molecule has 2 heterocycles. The van der Waals surface area contributed by atoms with Gasteiger partial charge < -0.3 is 20.0 Å². The topological polar surface area (TPSA) is 55.9 Å². The standard InChI is InChI=1S/C23H28N4O2/c1-2-25-12-6-13-26(16-15-25)23(29)24-20-9-5-8-19(17-20)22(28)27-14-11-18-7-3-4-10-21(18)27/h3-5,7-10,17H,2,6,11-16H2,1H3,(H,24,29). The van der Waals surface area contributed by atoms with E-state index in [1.165, 1.54) is 5.56 Å². The highest BCUT2D eigenvalue weighted by atomic mass is 16.2. The highest BCUT2D eigenvalue weighted by molar-refractivity contribution is 6.08. The van der Waals surface area contributed by atoms with Crippen LogP contribution in [0.3, 0.4) is 0 Å². The van der Waals surface area contributed by atoms with Gasteiger partial charge in [-0.2, -0.15) is 0 Å². The number of carbonyl (C=O) groups is 2. The van der Waals surface area contributed by atoms with Crippen LogP contribution in [0, 0.1) is 0 Å². The molecule has 2 aromatic rings. The highest BCUT2D eigenvalue weighted by Crippen LogP contribution is 2.29. The second-order valence-electron chi connectivity index (χ2n) is 7.62. The Hall–Kier alpha value is -2.86. The van der Waals surface area contributed by atoms with Gasteiger partial charge in [0.25, 0.3) is 5.91 Å². The minimum Gasteiger partial charge on any atom is -0.323 e. The van der Waals surface area contributed by atoms with Crippen LogP contribution in [0.25, 0.3) is 0 Å². The first-order valence-electron chi connectivity index (χ1n) is 10.4. The van der Waals surface area contributed by atoms with Gasteiger partial charge in [-0.05, 0) is 55.8 Å². The van der Waals surface area contributed by atoms with E-state index >= 15 is 0 Å². The van der Waals surface area contributed by atoms with Crippen LogP contribution in [-0.4, -0.2) is 61.0 Å². The molecule has 2 aromatic carbocycles. The number of nitrogens with zero attached hydrogens (tertiary/aromatic N) is 3. The van der Waals surface area contributed by atoms with E-state index in [1.54, 1.807) is 6.07 Å². The Bertz CT molecular complexity index is 898. The Morgan fingerprint density at radius 3 is 2.69 bits per heavy atom. The molecular weight excluding hydrogens is 364 g/mol. The van der Waals surface area contributed by atoms with Gasteiger partial charge in [-0.15, -0.1) is 0 Å². The van der Waals surface area contributed by atoms with Crippen LogP contribution >= 0.6 is 0 Å². The van der Waals surface area contributed by atoms with Crippen LogP contribution < -0.4 is 10.2 Å². The van der Waals surface area contributed by atoms with E-state index in [9.17, 15) is 9.59 Å². The molecule has 0 bridgehead atoms. The van der Waals surface area contributed by atoms with Crippen LogP contribution in [0.1, 0.15) is 29.3 Å². The van der Waals surface area contributed by atoms with Crippen molar-refractivity contribution < 1.29 is 9.59 Å². The van der Waals surface area contributed by atoms with Crippen molar-refractivity contribution in [1.29, 1.82) is 0 Å². The van der Waals surface area contributed by atoms with Gasteiger partial charge in [0.2, 0.25) is 0 Å². The second-order valence-corrected chi connectivity index (χ2v) is 7.62. The lowest BCUT2D eigenvalue weighted by Crippen LogP contribution is -2.38. The minimum absolute atomic E-state index is 0.0283. The van der Waals surface area contributed by atoms with Gasteiger partial charge in [-0.3, -0.25) is 4.79 Å². The van der Waals surface area contributed by atoms with Crippen LogP contribution in [0.5, 0.6) is 0 Å². The quantitative estimate of drug-likeness (QED) is 0.870. The lowest BCUT2D eigenvalue weighted by Gasteiger charge is -2.22. The molecule has 0 saturated carbocycles. The first kappa shape index (κ1) is 19.5. The number of amides is 3. The number of para-hydroxylation sites is 1. The van der Waals surface area contributed by atoms with Crippen molar-refractivity contribution in [2.75, 3.05) is 49.5 Å². The van der Waals surface area contributed by atoms with Crippen molar-refractivity contribution in [3.8, 4) is 0 Å². The van der Waals surface area contributed by atoms with E-state index in [4.69, 9.17) is 0 Å². The van der Waals surface area contributed by atoms with Crippen LogP contribution in [0.2, 0.25) is 0 Å². The molecule has 0 unspecified atom stereocenters. The average molecular weight is 393 g/mol. The molecule has 1 fully saturated rings. The third-order valence-electron chi connectivity index (χ3n) is 5.82. The fraction of sp³-hybridized carbons (Fsp3) is 0.391. The lowest BCUT2D eigenvalue weighted by molar-refractivity contribution is 0.0989. The highest BCUT2D eigenvalue weighted by Gasteiger charge is 2.25. The Balaban J connectivity index is 1.44. The first-order valence-corrected chi connectivity index (χ1v) is 10.4. The largest absolute Gasteiger partial charge is 0.323 e. The summed E-state index contributed by atoms with van der Waals surface area (Å²) in [7, 11) is 0. The number of benzene rings is 2. The van der Waals surface area contributed by atoms with Crippen molar-refractivity contribution >= 4 is 23.3 Å². The number of anilines is 2. The van der Waals surface area contributed by atoms with Gasteiger partial charge in [0.05, 0.1) is 0 Å². The maximum atomic E-state index is 13.1. The molecule has 2 aliphatic rings. The molecule has 1 saturated heterocycles. The SMILES string of the molecule is CCN1CCCN(C(=O)Nc2cccc(C(=O)N3CCc4ccccc43)c2)CC1. The molecule has 0 aromatic heterocycles. The molecule has 3 amide bonds. The molecule has 6 nitrogen and oxygen atoms in total. The molecule has 0 aliphatic carbocycles. The number of rotatable bonds is 3. The van der Waals surface area contributed by atoms with Crippen LogP contribution in [0.15, 0.2) is 48.5 Å². The third kappa shape index (κ3) is 4.27. The summed E-state index contributed by atoms with van der Waals surface area (Å²) in [5, 5.41) is 2.97. The van der Waals surface area contributed by atoms with Crippen molar-refractivity contribution in [3.05, 3.63) is 59.7 Å². The predicted octanol–water partition coefficient (Wildman–Crippen LogP) is 3.45. The molecule has 0 radical (unpaired) electrons. The summed E-state index contributed by atoms with van der Waals surface area (Å²) < 4.78 is 0. The number of hydrogen-bond acceptors (Lipinski definition) is 3. The molecular formula is C23H28N4O2. The van der Waals surface area contributed by atoms with Crippen molar-refractivity contribution in [2.45, 2.75) is 19.8 Å². The summed E-state index contributed by atoms with van der Waals surface area (Å²) in [5.74, 6) is -0.0283. The van der Waals surface area contributed by atoms with E-state index in [1.807, 2.05) is 46.2 Å². The molecule has 1 N–H and O–H groups in total. The lowest BCUT2D eigenvalue weighted by atomic mass is 10.1. The summed E-state index contributed by atoms with van der Waals surface area (Å²) in [6.07, 6.45) is 1.86. The minimum atomic E-state index is -0.0981. The van der Waals surface area contributed by atoms with E-state index in [0.29, 0.717) is 17.8 Å². The summed E-state index contributed by atoms with van der Waals surface area (Å²) in [5.41, 5.74) is 3.43. The maximum absolute atomic E-state index is 13.1. The second kappa shape index (κ2) is 8.66. The van der Waals surface area contributed by atoms with E-state index in [2.05, 4.69) is 23.2 Å². The molecule has 4 rings (SSSR count). The number of urea groups is 1. The van der Waals surface area contributed by atoms with Crippen molar-refractivity contribution in [2.24, 2.45) is 0 Å².